The topological polar surface area (TPSA) is 113 Å². The summed E-state index contributed by atoms with van der Waals surface area (Å²) < 4.78 is 30.3. The zero-order chi connectivity index (χ0) is 17.4. The molecule has 0 aromatic heterocycles. The zero-order valence-corrected chi connectivity index (χ0v) is 13.6. The fraction of sp³-hybridized carbons (Fsp3) is 0.286. The second-order valence-electron chi connectivity index (χ2n) is 4.86. The summed E-state index contributed by atoms with van der Waals surface area (Å²) in [5, 5.41) is 12.7. The molecule has 0 bridgehead atoms. The van der Waals surface area contributed by atoms with Gasteiger partial charge in [0.1, 0.15) is 10.6 Å². The van der Waals surface area contributed by atoms with Gasteiger partial charge in [0, 0.05) is 14.1 Å². The first-order chi connectivity index (χ1) is 10.7. The van der Waals surface area contributed by atoms with Crippen molar-refractivity contribution in [1.82, 2.24) is 4.31 Å². The Morgan fingerprint density at radius 3 is 2.43 bits per heavy atom. The maximum Gasteiger partial charge on any atom is 0.272 e. The lowest BCUT2D eigenvalue weighted by Gasteiger charge is -2.17. The summed E-state index contributed by atoms with van der Waals surface area (Å²) in [6.07, 6.45) is 0. The Labute approximate surface area is 132 Å². The monoisotopic (exact) mass is 340 g/mol. The van der Waals surface area contributed by atoms with Crippen LogP contribution >= 0.6 is 0 Å². The average molecular weight is 340 g/mol. The fourth-order valence-electron chi connectivity index (χ4n) is 1.93. The Morgan fingerprint density at radius 2 is 1.87 bits per heavy atom. The average Bonchev–Trinajstić information content (AvgIpc) is 2.51. The first kappa shape index (κ1) is 17.0. The number of hydrogen-bond donors (Lipinski definition) is 2. The van der Waals surface area contributed by atoms with Crippen LogP contribution in [0.5, 0.6) is 11.5 Å². The predicted molar refractivity (Wildman–Crippen MR) is 84.8 cm³/mol. The van der Waals surface area contributed by atoms with Crippen molar-refractivity contribution >= 4 is 21.4 Å². The first-order valence-corrected chi connectivity index (χ1v) is 8.13. The number of nitrogens with zero attached hydrogens (tertiary/aromatic N) is 1. The number of nitrogens with one attached hydrogen (secondary N) is 1. The second-order valence-corrected chi connectivity index (χ2v) is 6.98. The van der Waals surface area contributed by atoms with E-state index in [0.717, 1.165) is 4.31 Å². The third-order valence-corrected chi connectivity index (χ3v) is 5.02. The number of phenols is 1. The van der Waals surface area contributed by atoms with Gasteiger partial charge in [-0.1, -0.05) is 6.07 Å². The van der Waals surface area contributed by atoms with Crippen LogP contribution in [-0.4, -0.2) is 38.5 Å². The summed E-state index contributed by atoms with van der Waals surface area (Å²) in [5.74, 6) is -0.672. The Balaban J connectivity index is 2.46. The van der Waals surface area contributed by atoms with E-state index in [1.165, 1.54) is 32.3 Å². The minimum atomic E-state index is -3.86. The van der Waals surface area contributed by atoms with E-state index in [2.05, 4.69) is 5.32 Å². The van der Waals surface area contributed by atoms with E-state index in [9.17, 15) is 23.1 Å². The van der Waals surface area contributed by atoms with E-state index in [4.69, 9.17) is 4.74 Å². The highest BCUT2D eigenvalue weighted by molar-refractivity contribution is 7.89. The summed E-state index contributed by atoms with van der Waals surface area (Å²) >= 11 is 0. The SMILES string of the molecule is CCOc1c(Nc2cccc(S(=O)(=O)N(C)C)c2O)c(=O)c1=O. The molecule has 2 N–H and O–H groups in total. The van der Waals surface area contributed by atoms with Gasteiger partial charge in [0.15, 0.2) is 11.5 Å². The Bertz CT molecular complexity index is 910. The maximum atomic E-state index is 12.1. The Morgan fingerprint density at radius 1 is 1.22 bits per heavy atom. The van der Waals surface area contributed by atoms with Crippen molar-refractivity contribution < 1.29 is 18.3 Å². The highest BCUT2D eigenvalue weighted by Crippen LogP contribution is 2.35. The highest BCUT2D eigenvalue weighted by Gasteiger charge is 2.26. The van der Waals surface area contributed by atoms with Gasteiger partial charge in [-0.2, -0.15) is 0 Å². The Hall–Kier alpha value is -2.39. The molecule has 0 aliphatic carbocycles. The molecule has 0 amide bonds. The third kappa shape index (κ3) is 2.80. The smallest absolute Gasteiger partial charge is 0.272 e. The first-order valence-electron chi connectivity index (χ1n) is 6.69. The number of hydrogen-bond acceptors (Lipinski definition) is 7. The van der Waals surface area contributed by atoms with Crippen molar-refractivity contribution in [3.05, 3.63) is 38.6 Å². The molecule has 8 nitrogen and oxygen atoms in total. The number of anilines is 2. The summed E-state index contributed by atoms with van der Waals surface area (Å²) in [4.78, 5) is 22.7. The molecule has 0 saturated carbocycles. The predicted octanol–water partition coefficient (Wildman–Crippen LogP) is 0.381. The number of phenolic OH excluding ortho intramolecular Hbond substituents is 1. The highest BCUT2D eigenvalue weighted by atomic mass is 32.2. The lowest BCUT2D eigenvalue weighted by atomic mass is 10.2. The number of ether oxygens (including phenoxy) is 1. The number of benzene rings is 1. The van der Waals surface area contributed by atoms with Gasteiger partial charge in [0.2, 0.25) is 10.0 Å². The fourth-order valence-corrected chi connectivity index (χ4v) is 2.93. The molecule has 0 aliphatic rings. The second kappa shape index (κ2) is 6.01. The van der Waals surface area contributed by atoms with E-state index in [0.29, 0.717) is 0 Å². The summed E-state index contributed by atoms with van der Waals surface area (Å²) in [6, 6.07) is 4.03. The van der Waals surface area contributed by atoms with Gasteiger partial charge >= 0.3 is 0 Å². The number of rotatable bonds is 6. The molecule has 0 unspecified atom stereocenters. The minimum Gasteiger partial charge on any atom is -0.504 e. The molecule has 124 valence electrons. The summed E-state index contributed by atoms with van der Waals surface area (Å²) in [5.41, 5.74) is -1.66. The van der Waals surface area contributed by atoms with Crippen LogP contribution < -0.4 is 20.9 Å². The van der Waals surface area contributed by atoms with E-state index >= 15 is 0 Å². The molecule has 0 spiro atoms. The van der Waals surface area contributed by atoms with Crippen molar-refractivity contribution in [1.29, 1.82) is 0 Å². The van der Waals surface area contributed by atoms with Gasteiger partial charge in [-0.05, 0) is 19.1 Å². The summed E-state index contributed by atoms with van der Waals surface area (Å²) in [7, 11) is -1.19. The van der Waals surface area contributed by atoms with E-state index in [1.807, 2.05) is 0 Å². The molecule has 2 rings (SSSR count). The standard InChI is InChI=1S/C14H16N2O6S/c1-4-22-14-10(12(18)13(14)19)15-8-6-5-7-9(11(8)17)23(20,21)16(2)3/h5-7,15,17H,4H2,1-3H3. The number of sulfonamides is 1. The van der Waals surface area contributed by atoms with E-state index in [-0.39, 0.29) is 28.6 Å². The Kier molecular flexibility index (Phi) is 4.44. The van der Waals surface area contributed by atoms with E-state index < -0.39 is 26.6 Å². The normalized spacial score (nSPS) is 11.8. The van der Waals surface area contributed by atoms with Crippen LogP contribution in [0.1, 0.15) is 6.92 Å². The van der Waals surface area contributed by atoms with Crippen LogP contribution in [0.15, 0.2) is 32.7 Å². The molecule has 0 aliphatic heterocycles. The van der Waals surface area contributed by atoms with Gasteiger partial charge in [-0.15, -0.1) is 0 Å². The molecule has 0 saturated heterocycles. The maximum absolute atomic E-state index is 12.1. The van der Waals surface area contributed by atoms with Gasteiger partial charge in [-0.3, -0.25) is 9.59 Å². The molecular weight excluding hydrogens is 324 g/mol. The van der Waals surface area contributed by atoms with Crippen molar-refractivity contribution in [3.8, 4) is 11.5 Å². The quantitative estimate of drug-likeness (QED) is 0.577. The molecule has 2 aromatic rings. The molecule has 0 heterocycles. The number of para-hydroxylation sites is 1. The zero-order valence-electron chi connectivity index (χ0n) is 12.8. The van der Waals surface area contributed by atoms with Crippen LogP contribution in [0.2, 0.25) is 0 Å². The van der Waals surface area contributed by atoms with Crippen LogP contribution in [0.4, 0.5) is 11.4 Å². The molecular formula is C14H16N2O6S. The molecule has 0 fully saturated rings. The lowest BCUT2D eigenvalue weighted by molar-refractivity contribution is 0.335. The van der Waals surface area contributed by atoms with E-state index in [1.54, 1.807) is 6.92 Å². The molecule has 9 heteroatoms. The minimum absolute atomic E-state index is 0.0130. The van der Waals surface area contributed by atoms with Gasteiger partial charge in [0.05, 0.1) is 12.3 Å². The van der Waals surface area contributed by atoms with Crippen LogP contribution in [0.25, 0.3) is 0 Å². The van der Waals surface area contributed by atoms with Crippen molar-refractivity contribution in [2.45, 2.75) is 11.8 Å². The molecule has 23 heavy (non-hydrogen) atoms. The summed E-state index contributed by atoms with van der Waals surface area (Å²) in [6.45, 7) is 1.85. The van der Waals surface area contributed by atoms with Gasteiger partial charge in [0.25, 0.3) is 10.9 Å². The molecule has 0 atom stereocenters. The van der Waals surface area contributed by atoms with Crippen LogP contribution in [-0.2, 0) is 10.0 Å². The molecule has 0 radical (unpaired) electrons. The molecule has 2 aromatic carbocycles. The lowest BCUT2D eigenvalue weighted by Crippen LogP contribution is -2.35. The van der Waals surface area contributed by atoms with Crippen molar-refractivity contribution in [2.75, 3.05) is 26.0 Å². The van der Waals surface area contributed by atoms with Crippen LogP contribution in [0.3, 0.4) is 0 Å². The van der Waals surface area contributed by atoms with Crippen molar-refractivity contribution in [3.63, 3.8) is 0 Å². The van der Waals surface area contributed by atoms with Gasteiger partial charge in [-0.25, -0.2) is 12.7 Å². The van der Waals surface area contributed by atoms with Gasteiger partial charge < -0.3 is 15.2 Å². The third-order valence-electron chi connectivity index (χ3n) is 3.17. The van der Waals surface area contributed by atoms with Crippen molar-refractivity contribution in [2.24, 2.45) is 0 Å². The van der Waals surface area contributed by atoms with Crippen LogP contribution in [0, 0.1) is 0 Å². The largest absolute Gasteiger partial charge is 0.504 e. The number of aromatic hydroxyl groups is 1.